The molecule has 0 bridgehead atoms. The summed E-state index contributed by atoms with van der Waals surface area (Å²) in [6, 6.07) is 5.72. The second kappa shape index (κ2) is 5.89. The monoisotopic (exact) mass is 338 g/mol. The molecule has 0 aromatic heterocycles. The molecule has 0 saturated carbocycles. The smallest absolute Gasteiger partial charge is 0.165 e. The maximum atomic E-state index is 11.7. The molecule has 14 heavy (non-hydrogen) atoms. The molecule has 1 nitrogen and oxygen atoms in total. The molecular formula is C10H9Br2ClO. The lowest BCUT2D eigenvalue weighted by atomic mass is 10.0. The molecule has 0 aliphatic carbocycles. The summed E-state index contributed by atoms with van der Waals surface area (Å²) in [4.78, 5) is 11.7. The Morgan fingerprint density at radius 2 is 2.14 bits per heavy atom. The zero-order chi connectivity index (χ0) is 10.6. The summed E-state index contributed by atoms with van der Waals surface area (Å²) in [7, 11) is 0. The Morgan fingerprint density at radius 1 is 1.43 bits per heavy atom. The lowest BCUT2D eigenvalue weighted by molar-refractivity contribution is 0.0988. The van der Waals surface area contributed by atoms with Crippen LogP contribution in [0.15, 0.2) is 22.7 Å². The van der Waals surface area contributed by atoms with Gasteiger partial charge in [-0.2, -0.15) is 0 Å². The van der Waals surface area contributed by atoms with Gasteiger partial charge in [0.1, 0.15) is 0 Å². The zero-order valence-electron chi connectivity index (χ0n) is 7.40. The number of hydrogen-bond acceptors (Lipinski definition) is 1. The van der Waals surface area contributed by atoms with Gasteiger partial charge in [-0.3, -0.25) is 4.79 Å². The fraction of sp³-hybridized carbons (Fsp3) is 0.300. The second-order valence-electron chi connectivity index (χ2n) is 2.77. The highest BCUT2D eigenvalue weighted by Crippen LogP contribution is 2.24. The van der Waals surface area contributed by atoms with Crippen molar-refractivity contribution >= 4 is 49.2 Å². The van der Waals surface area contributed by atoms with Crippen molar-refractivity contribution < 1.29 is 4.79 Å². The molecule has 0 saturated heterocycles. The van der Waals surface area contributed by atoms with E-state index in [0.29, 0.717) is 17.6 Å². The highest BCUT2D eigenvalue weighted by atomic mass is 79.9. The van der Waals surface area contributed by atoms with Gasteiger partial charge in [-0.25, -0.2) is 0 Å². The first kappa shape index (κ1) is 12.2. The van der Waals surface area contributed by atoms with Crippen molar-refractivity contribution in [2.45, 2.75) is 11.8 Å². The maximum absolute atomic E-state index is 11.7. The van der Waals surface area contributed by atoms with Gasteiger partial charge < -0.3 is 0 Å². The van der Waals surface area contributed by atoms with Crippen molar-refractivity contribution in [3.05, 3.63) is 33.8 Å². The van der Waals surface area contributed by atoms with Crippen molar-refractivity contribution in [3.8, 4) is 0 Å². The third-order valence-corrected chi connectivity index (χ3v) is 3.30. The Labute approximate surface area is 105 Å². The molecule has 1 aromatic rings. The third kappa shape index (κ3) is 2.81. The van der Waals surface area contributed by atoms with Gasteiger partial charge in [0.2, 0.25) is 0 Å². The van der Waals surface area contributed by atoms with E-state index in [9.17, 15) is 4.79 Å². The van der Waals surface area contributed by atoms with Gasteiger partial charge in [0, 0.05) is 27.7 Å². The van der Waals surface area contributed by atoms with Crippen LogP contribution in [0, 0.1) is 0 Å². The molecule has 0 aliphatic rings. The van der Waals surface area contributed by atoms with Gasteiger partial charge in [0.25, 0.3) is 0 Å². The average molecular weight is 340 g/mol. The zero-order valence-corrected chi connectivity index (χ0v) is 11.3. The van der Waals surface area contributed by atoms with E-state index in [1.807, 2.05) is 18.2 Å². The Morgan fingerprint density at radius 3 is 2.71 bits per heavy atom. The quantitative estimate of drug-likeness (QED) is 0.594. The van der Waals surface area contributed by atoms with Crippen LogP contribution in [0.3, 0.4) is 0 Å². The van der Waals surface area contributed by atoms with Gasteiger partial charge in [-0.05, 0) is 11.6 Å². The van der Waals surface area contributed by atoms with E-state index in [4.69, 9.17) is 11.6 Å². The molecule has 0 N–H and O–H groups in total. The summed E-state index contributed by atoms with van der Waals surface area (Å²) in [6.07, 6.45) is 0.379. The van der Waals surface area contributed by atoms with Crippen LogP contribution in [0.5, 0.6) is 0 Å². The number of Topliss-reactive ketones (excluding diaryl/α,β-unsaturated/α-hetero) is 1. The van der Waals surface area contributed by atoms with Gasteiger partial charge in [0.15, 0.2) is 5.78 Å². The van der Waals surface area contributed by atoms with Crippen LogP contribution in [0.25, 0.3) is 0 Å². The fourth-order valence-corrected chi connectivity index (χ4v) is 2.47. The van der Waals surface area contributed by atoms with Crippen LogP contribution in [-0.2, 0) is 5.33 Å². The molecule has 1 rings (SSSR count). The molecule has 0 atom stereocenters. The molecule has 0 fully saturated rings. The first-order valence-electron chi connectivity index (χ1n) is 4.13. The lowest BCUT2D eigenvalue weighted by Crippen LogP contribution is -2.04. The molecule has 0 aliphatic heterocycles. The number of carbonyl (C=O) groups is 1. The lowest BCUT2D eigenvalue weighted by Gasteiger charge is -2.07. The van der Waals surface area contributed by atoms with E-state index < -0.39 is 0 Å². The number of halogens is 3. The van der Waals surface area contributed by atoms with Crippen molar-refractivity contribution in [2.24, 2.45) is 0 Å². The second-order valence-corrected chi connectivity index (χ2v) is 4.56. The van der Waals surface area contributed by atoms with Gasteiger partial charge >= 0.3 is 0 Å². The van der Waals surface area contributed by atoms with E-state index in [0.717, 1.165) is 15.6 Å². The third-order valence-electron chi connectivity index (χ3n) is 1.84. The van der Waals surface area contributed by atoms with Crippen LogP contribution >= 0.6 is 43.5 Å². The average Bonchev–Trinajstić information content (AvgIpc) is 2.17. The number of carbonyl (C=O) groups excluding carboxylic acids is 1. The van der Waals surface area contributed by atoms with E-state index in [1.165, 1.54) is 0 Å². The van der Waals surface area contributed by atoms with Gasteiger partial charge in [0.05, 0.1) is 0 Å². The van der Waals surface area contributed by atoms with Crippen LogP contribution < -0.4 is 0 Å². The van der Waals surface area contributed by atoms with Gasteiger partial charge in [-0.15, -0.1) is 11.6 Å². The van der Waals surface area contributed by atoms with Crippen LogP contribution in [-0.4, -0.2) is 11.7 Å². The minimum absolute atomic E-state index is 0.0851. The highest BCUT2D eigenvalue weighted by molar-refractivity contribution is 9.10. The largest absolute Gasteiger partial charge is 0.294 e. The molecule has 0 unspecified atom stereocenters. The Bertz CT molecular complexity index is 339. The summed E-state index contributed by atoms with van der Waals surface area (Å²) in [5, 5.41) is 0.676. The summed E-state index contributed by atoms with van der Waals surface area (Å²) >= 11 is 12.3. The molecule has 0 amide bonds. The summed E-state index contributed by atoms with van der Waals surface area (Å²) in [6.45, 7) is 0. The molecular weight excluding hydrogens is 331 g/mol. The Hall–Kier alpha value is 0.140. The predicted molar refractivity (Wildman–Crippen MR) is 66.4 cm³/mol. The summed E-state index contributed by atoms with van der Waals surface area (Å²) in [5.41, 5.74) is 1.74. The number of hydrogen-bond donors (Lipinski definition) is 0. The molecule has 76 valence electrons. The first-order valence-corrected chi connectivity index (χ1v) is 6.58. The Kier molecular flexibility index (Phi) is 5.13. The van der Waals surface area contributed by atoms with E-state index >= 15 is 0 Å². The number of alkyl halides is 2. The normalized spacial score (nSPS) is 10.2. The van der Waals surface area contributed by atoms with Crippen LogP contribution in [0.4, 0.5) is 0 Å². The SMILES string of the molecule is O=C(CCCl)c1c(Br)cccc1CBr. The molecule has 0 radical (unpaired) electrons. The summed E-state index contributed by atoms with van der Waals surface area (Å²) in [5.74, 6) is 0.448. The summed E-state index contributed by atoms with van der Waals surface area (Å²) < 4.78 is 0.838. The fourth-order valence-electron chi connectivity index (χ4n) is 1.20. The van der Waals surface area contributed by atoms with Crippen molar-refractivity contribution in [1.29, 1.82) is 0 Å². The van der Waals surface area contributed by atoms with Gasteiger partial charge in [-0.1, -0.05) is 44.0 Å². The topological polar surface area (TPSA) is 17.1 Å². The number of benzene rings is 1. The first-order chi connectivity index (χ1) is 6.70. The molecule has 0 heterocycles. The molecule has 0 spiro atoms. The Balaban J connectivity index is 3.10. The highest BCUT2D eigenvalue weighted by Gasteiger charge is 2.13. The molecule has 4 heteroatoms. The predicted octanol–water partition coefficient (Wildman–Crippen LogP) is 4.16. The van der Waals surface area contributed by atoms with Crippen molar-refractivity contribution in [2.75, 3.05) is 5.88 Å². The van der Waals surface area contributed by atoms with Crippen LogP contribution in [0.2, 0.25) is 0 Å². The van der Waals surface area contributed by atoms with E-state index in [2.05, 4.69) is 31.9 Å². The van der Waals surface area contributed by atoms with Crippen LogP contribution in [0.1, 0.15) is 22.3 Å². The number of ketones is 1. The van der Waals surface area contributed by atoms with Crippen molar-refractivity contribution in [3.63, 3.8) is 0 Å². The minimum atomic E-state index is 0.0851. The van der Waals surface area contributed by atoms with E-state index in [-0.39, 0.29) is 5.78 Å². The standard InChI is InChI=1S/C10H9Br2ClO/c11-6-7-2-1-3-8(12)10(7)9(14)4-5-13/h1-3H,4-6H2. The minimum Gasteiger partial charge on any atom is -0.294 e. The van der Waals surface area contributed by atoms with E-state index in [1.54, 1.807) is 0 Å². The van der Waals surface area contributed by atoms with Crippen molar-refractivity contribution in [1.82, 2.24) is 0 Å². The maximum Gasteiger partial charge on any atom is 0.165 e. The molecule has 1 aromatic carbocycles. The number of rotatable bonds is 4.